The van der Waals surface area contributed by atoms with Crippen LogP contribution in [0.25, 0.3) is 0 Å². The van der Waals surface area contributed by atoms with E-state index in [-0.39, 0.29) is 29.0 Å². The number of hydrogen-bond donors (Lipinski definition) is 4. The van der Waals surface area contributed by atoms with Gasteiger partial charge in [-0.05, 0) is 17.7 Å². The van der Waals surface area contributed by atoms with Gasteiger partial charge in [0.1, 0.15) is 33.9 Å². The summed E-state index contributed by atoms with van der Waals surface area (Å²) in [6.45, 7) is 0. The van der Waals surface area contributed by atoms with Gasteiger partial charge in [-0.1, -0.05) is 23.7 Å². The molecule has 130 valence electrons. The van der Waals surface area contributed by atoms with Crippen LogP contribution in [0, 0.1) is 0 Å². The summed E-state index contributed by atoms with van der Waals surface area (Å²) in [7, 11) is 0. The average molecular weight is 365 g/mol. The molecule has 2 aromatic rings. The highest BCUT2D eigenvalue weighted by atomic mass is 35.5. The number of carbonyl (C=O) groups is 2. The standard InChI is InChI=1S/C17H13ClO7/c18-14-15(23)9(5-12(21)22)17-13(16(14)24)10(20)6-11(25-17)7-1-3-8(19)4-2-7/h1-4,11,19,23-24H,5-6H2,(H,21,22). The van der Waals surface area contributed by atoms with Crippen molar-refractivity contribution in [3.63, 3.8) is 0 Å². The first kappa shape index (κ1) is 16.9. The van der Waals surface area contributed by atoms with Crippen LogP contribution in [-0.4, -0.2) is 32.2 Å². The third-order valence-electron chi connectivity index (χ3n) is 3.94. The predicted octanol–water partition coefficient (Wildman–Crippen LogP) is 2.79. The minimum atomic E-state index is -1.26. The fraction of sp³-hybridized carbons (Fsp3) is 0.176. The van der Waals surface area contributed by atoms with Crippen LogP contribution in [-0.2, 0) is 11.2 Å². The van der Waals surface area contributed by atoms with Gasteiger partial charge < -0.3 is 25.2 Å². The second kappa shape index (κ2) is 6.18. The van der Waals surface area contributed by atoms with Crippen molar-refractivity contribution in [2.75, 3.05) is 0 Å². The minimum absolute atomic E-state index is 0.0416. The number of carbonyl (C=O) groups excluding carboxylic acids is 1. The number of fused-ring (bicyclic) bond motifs is 1. The van der Waals surface area contributed by atoms with Gasteiger partial charge >= 0.3 is 5.97 Å². The third kappa shape index (κ3) is 2.94. The fourth-order valence-electron chi connectivity index (χ4n) is 2.75. The molecule has 1 heterocycles. The summed E-state index contributed by atoms with van der Waals surface area (Å²) >= 11 is 5.81. The van der Waals surface area contributed by atoms with Gasteiger partial charge in [-0.3, -0.25) is 9.59 Å². The maximum atomic E-state index is 12.5. The third-order valence-corrected chi connectivity index (χ3v) is 4.30. The maximum absolute atomic E-state index is 12.5. The van der Waals surface area contributed by atoms with Crippen LogP contribution in [0.1, 0.15) is 34.0 Å². The van der Waals surface area contributed by atoms with E-state index in [9.17, 15) is 24.9 Å². The molecule has 1 aliphatic rings. The second-order valence-electron chi connectivity index (χ2n) is 5.59. The number of ether oxygens (including phenoxy) is 1. The molecule has 0 aliphatic carbocycles. The Bertz CT molecular complexity index is 874. The Morgan fingerprint density at radius 1 is 1.16 bits per heavy atom. The van der Waals surface area contributed by atoms with Crippen molar-refractivity contribution >= 4 is 23.4 Å². The number of carboxylic acid groups (broad SMARTS) is 1. The molecule has 1 aliphatic heterocycles. The summed E-state index contributed by atoms with van der Waals surface area (Å²) in [5.41, 5.74) is 0.156. The lowest BCUT2D eigenvalue weighted by atomic mass is 9.92. The van der Waals surface area contributed by atoms with Gasteiger partial charge in [0, 0.05) is 5.56 Å². The number of benzene rings is 2. The molecule has 3 rings (SSSR count). The molecule has 0 amide bonds. The first-order valence-electron chi connectivity index (χ1n) is 7.26. The zero-order valence-electron chi connectivity index (χ0n) is 12.7. The minimum Gasteiger partial charge on any atom is -0.508 e. The van der Waals surface area contributed by atoms with E-state index in [0.29, 0.717) is 5.56 Å². The first-order valence-corrected chi connectivity index (χ1v) is 7.64. The van der Waals surface area contributed by atoms with Crippen molar-refractivity contribution in [1.82, 2.24) is 0 Å². The van der Waals surface area contributed by atoms with Gasteiger partial charge in [-0.2, -0.15) is 0 Å². The lowest BCUT2D eigenvalue weighted by molar-refractivity contribution is -0.136. The maximum Gasteiger partial charge on any atom is 0.308 e. The van der Waals surface area contributed by atoms with Crippen LogP contribution >= 0.6 is 11.6 Å². The Balaban J connectivity index is 2.14. The monoisotopic (exact) mass is 364 g/mol. The van der Waals surface area contributed by atoms with E-state index in [1.165, 1.54) is 12.1 Å². The number of phenolic OH excluding ortho intramolecular Hbond substituents is 3. The number of aromatic hydroxyl groups is 3. The van der Waals surface area contributed by atoms with Gasteiger partial charge in [0.25, 0.3) is 0 Å². The van der Waals surface area contributed by atoms with Crippen molar-refractivity contribution < 1.29 is 34.8 Å². The van der Waals surface area contributed by atoms with Crippen molar-refractivity contribution in [3.05, 3.63) is 46.0 Å². The number of carboxylic acids is 1. The lowest BCUT2D eigenvalue weighted by Gasteiger charge is -2.28. The molecule has 7 nitrogen and oxygen atoms in total. The van der Waals surface area contributed by atoms with Crippen LogP contribution < -0.4 is 4.74 Å². The molecule has 2 aromatic carbocycles. The van der Waals surface area contributed by atoms with E-state index in [4.69, 9.17) is 21.4 Å². The summed E-state index contributed by atoms with van der Waals surface area (Å²) in [5.74, 6) is -3.19. The molecule has 1 atom stereocenters. The molecule has 4 N–H and O–H groups in total. The molecule has 0 saturated carbocycles. The van der Waals surface area contributed by atoms with Crippen molar-refractivity contribution in [2.45, 2.75) is 18.9 Å². The molecule has 8 heteroatoms. The van der Waals surface area contributed by atoms with Gasteiger partial charge in [0.15, 0.2) is 11.5 Å². The number of Topliss-reactive ketones (excluding diaryl/α,β-unsaturated/α-hetero) is 1. The molecule has 0 aromatic heterocycles. The van der Waals surface area contributed by atoms with Gasteiger partial charge in [-0.25, -0.2) is 0 Å². The van der Waals surface area contributed by atoms with E-state index in [2.05, 4.69) is 0 Å². The number of rotatable bonds is 3. The second-order valence-corrected chi connectivity index (χ2v) is 5.97. The molecule has 0 saturated heterocycles. The highest BCUT2D eigenvalue weighted by Gasteiger charge is 2.36. The quantitative estimate of drug-likeness (QED) is 0.660. The van der Waals surface area contributed by atoms with Crippen LogP contribution in [0.5, 0.6) is 23.0 Å². The highest BCUT2D eigenvalue weighted by molar-refractivity contribution is 6.34. The lowest BCUT2D eigenvalue weighted by Crippen LogP contribution is -2.22. The Labute approximate surface area is 146 Å². The zero-order chi connectivity index (χ0) is 18.3. The molecular formula is C17H13ClO7. The number of ketones is 1. The normalized spacial score (nSPS) is 16.2. The van der Waals surface area contributed by atoms with Crippen molar-refractivity contribution in [2.24, 2.45) is 0 Å². The van der Waals surface area contributed by atoms with E-state index in [1.54, 1.807) is 12.1 Å². The Morgan fingerprint density at radius 2 is 1.80 bits per heavy atom. The summed E-state index contributed by atoms with van der Waals surface area (Å²) in [6.07, 6.45) is -1.50. The Kier molecular flexibility index (Phi) is 4.18. The summed E-state index contributed by atoms with van der Waals surface area (Å²) in [4.78, 5) is 23.6. The Morgan fingerprint density at radius 3 is 2.40 bits per heavy atom. The molecule has 0 fully saturated rings. The number of phenols is 3. The SMILES string of the molecule is O=C(O)Cc1c(O)c(Cl)c(O)c2c1OC(c1ccc(O)cc1)CC2=O. The average Bonchev–Trinajstić information content (AvgIpc) is 2.56. The number of hydrogen-bond acceptors (Lipinski definition) is 6. The molecule has 1 unspecified atom stereocenters. The number of aliphatic carboxylic acids is 1. The number of halogens is 1. The van der Waals surface area contributed by atoms with Crippen LogP contribution in [0.15, 0.2) is 24.3 Å². The molecule has 25 heavy (non-hydrogen) atoms. The van der Waals surface area contributed by atoms with Crippen molar-refractivity contribution in [1.29, 1.82) is 0 Å². The van der Waals surface area contributed by atoms with E-state index >= 15 is 0 Å². The summed E-state index contributed by atoms with van der Waals surface area (Å²) in [5, 5.41) is 38.1. The van der Waals surface area contributed by atoms with Crippen molar-refractivity contribution in [3.8, 4) is 23.0 Å². The first-order chi connectivity index (χ1) is 11.8. The highest BCUT2D eigenvalue weighted by Crippen LogP contribution is 2.50. The van der Waals surface area contributed by atoms with Gasteiger partial charge in [0.05, 0.1) is 12.8 Å². The Hall–Kier alpha value is -2.93. The van der Waals surface area contributed by atoms with E-state index in [1.807, 2.05) is 0 Å². The molecule has 0 spiro atoms. The molecular weight excluding hydrogens is 352 g/mol. The molecule has 0 radical (unpaired) electrons. The summed E-state index contributed by atoms with van der Waals surface area (Å²) < 4.78 is 5.73. The van der Waals surface area contributed by atoms with E-state index < -0.39 is 40.8 Å². The largest absolute Gasteiger partial charge is 0.508 e. The topological polar surface area (TPSA) is 124 Å². The molecule has 0 bridgehead atoms. The van der Waals surface area contributed by atoms with Gasteiger partial charge in [-0.15, -0.1) is 0 Å². The van der Waals surface area contributed by atoms with Crippen LogP contribution in [0.4, 0.5) is 0 Å². The zero-order valence-corrected chi connectivity index (χ0v) is 13.4. The van der Waals surface area contributed by atoms with Crippen LogP contribution in [0.2, 0.25) is 5.02 Å². The van der Waals surface area contributed by atoms with Gasteiger partial charge in [0.2, 0.25) is 0 Å². The summed E-state index contributed by atoms with van der Waals surface area (Å²) in [6, 6.07) is 5.97. The van der Waals surface area contributed by atoms with E-state index in [0.717, 1.165) is 0 Å². The fourth-order valence-corrected chi connectivity index (χ4v) is 2.96. The smallest absolute Gasteiger partial charge is 0.308 e. The van der Waals surface area contributed by atoms with Crippen LogP contribution in [0.3, 0.4) is 0 Å². The predicted molar refractivity (Wildman–Crippen MR) is 86.5 cm³/mol.